The molecule has 45 heavy (non-hydrogen) atoms. The molecule has 2 aliphatic heterocycles. The quantitative estimate of drug-likeness (QED) is 0.191. The molecule has 15 heteroatoms. The molecule has 0 bridgehead atoms. The van der Waals surface area contributed by atoms with Crippen LogP contribution in [0.3, 0.4) is 0 Å². The van der Waals surface area contributed by atoms with Crippen LogP contribution in [0, 0.1) is 17.3 Å². The van der Waals surface area contributed by atoms with E-state index in [4.69, 9.17) is 44.8 Å². The van der Waals surface area contributed by atoms with Gasteiger partial charge >= 0.3 is 35.8 Å². The van der Waals surface area contributed by atoms with Gasteiger partial charge in [-0.15, -0.1) is 11.6 Å². The number of alkyl halides is 1. The third-order valence-electron chi connectivity index (χ3n) is 9.06. The number of ether oxygens (including phenoxy) is 7. The van der Waals surface area contributed by atoms with Gasteiger partial charge < -0.3 is 38.3 Å². The fourth-order valence-corrected chi connectivity index (χ4v) is 7.50. The zero-order valence-corrected chi connectivity index (χ0v) is 26.7. The van der Waals surface area contributed by atoms with Gasteiger partial charge in [-0.2, -0.15) is 0 Å². The third kappa shape index (κ3) is 5.72. The molecular weight excluding hydrogens is 620 g/mol. The number of epoxide rings is 1. The molecule has 0 aromatic rings. The number of allylic oxidation sites excluding steroid dienone is 1. The number of esters is 6. The zero-order valence-electron chi connectivity index (χ0n) is 25.9. The SMILES string of the molecule is C=C1/C=C/[C@@H](OC(C)=O)[C@@]2(C)[C@@H](OC(C)=O)[C@H](OC(C)=O)[C@@H](OC(C)=O)[C@]3(CO3)[C@@H]2[C@H](OC(C)=O)[C@@]2(O)[C@@H](C)C(=O)O[C@H]2[C@@H]1Cl. The molecule has 0 aromatic carbocycles. The van der Waals surface area contributed by atoms with Crippen LogP contribution in [-0.2, 0) is 61.9 Å². The topological polar surface area (TPSA) is 191 Å². The fraction of sp³-hybridized carbons (Fsp3) is 0.667. The molecule has 0 radical (unpaired) electrons. The van der Waals surface area contributed by atoms with Crippen LogP contribution in [-0.4, -0.2) is 101 Å². The van der Waals surface area contributed by atoms with Crippen molar-refractivity contribution in [1.29, 1.82) is 0 Å². The summed E-state index contributed by atoms with van der Waals surface area (Å²) in [5, 5.41) is 11.4. The van der Waals surface area contributed by atoms with Crippen molar-refractivity contribution in [3.8, 4) is 0 Å². The summed E-state index contributed by atoms with van der Waals surface area (Å²) < 4.78 is 40.5. The van der Waals surface area contributed by atoms with E-state index in [1.165, 1.54) is 26.0 Å². The Morgan fingerprint density at radius 2 is 1.38 bits per heavy atom. The molecule has 0 unspecified atom stereocenters. The molecule has 1 saturated carbocycles. The summed E-state index contributed by atoms with van der Waals surface area (Å²) in [6, 6.07) is 0. The summed E-state index contributed by atoms with van der Waals surface area (Å²) in [6.07, 6.45) is -6.63. The highest BCUT2D eigenvalue weighted by molar-refractivity contribution is 6.23. The number of carbonyl (C=O) groups is 6. The first-order valence-corrected chi connectivity index (χ1v) is 14.7. The summed E-state index contributed by atoms with van der Waals surface area (Å²) in [5.41, 5.74) is -5.85. The highest BCUT2D eigenvalue weighted by atomic mass is 35.5. The number of carbonyl (C=O) groups excluding carboxylic acids is 6. The zero-order chi connectivity index (χ0) is 33.8. The molecule has 2 aliphatic carbocycles. The van der Waals surface area contributed by atoms with Crippen molar-refractivity contribution in [2.45, 2.75) is 102 Å². The lowest BCUT2D eigenvalue weighted by molar-refractivity contribution is -0.280. The van der Waals surface area contributed by atoms with E-state index in [1.54, 1.807) is 0 Å². The number of hydrogen-bond donors (Lipinski definition) is 1. The lowest BCUT2D eigenvalue weighted by atomic mass is 9.51. The van der Waals surface area contributed by atoms with E-state index < -0.39 is 106 Å². The van der Waals surface area contributed by atoms with Crippen molar-refractivity contribution in [3.05, 3.63) is 24.3 Å². The fourth-order valence-electron chi connectivity index (χ4n) is 7.17. The van der Waals surface area contributed by atoms with Gasteiger partial charge in [0.05, 0.1) is 23.3 Å². The molecule has 1 N–H and O–H groups in total. The molecule has 0 aromatic heterocycles. The second-order valence-electron chi connectivity index (χ2n) is 12.1. The van der Waals surface area contributed by atoms with Gasteiger partial charge in [-0.3, -0.25) is 28.8 Å². The Labute approximate surface area is 264 Å². The molecular formula is C30H37ClO14. The van der Waals surface area contributed by atoms with E-state index >= 15 is 0 Å². The lowest BCUT2D eigenvalue weighted by Crippen LogP contribution is -2.76. The predicted molar refractivity (Wildman–Crippen MR) is 150 cm³/mol. The number of hydrogen-bond acceptors (Lipinski definition) is 14. The Morgan fingerprint density at radius 3 is 1.87 bits per heavy atom. The number of rotatable bonds is 5. The van der Waals surface area contributed by atoms with Crippen molar-refractivity contribution in [2.24, 2.45) is 17.3 Å². The molecule has 2 heterocycles. The second kappa shape index (κ2) is 12.0. The van der Waals surface area contributed by atoms with Crippen molar-refractivity contribution in [2.75, 3.05) is 6.61 Å². The molecule has 3 fully saturated rings. The van der Waals surface area contributed by atoms with Gasteiger partial charge in [-0.1, -0.05) is 19.6 Å². The molecule has 2 saturated heterocycles. The Kier molecular flexibility index (Phi) is 9.19. The number of aliphatic hydroxyl groups is 1. The van der Waals surface area contributed by atoms with Crippen LogP contribution in [0.15, 0.2) is 24.3 Å². The summed E-state index contributed by atoms with van der Waals surface area (Å²) in [4.78, 5) is 76.3. The van der Waals surface area contributed by atoms with Gasteiger partial charge in [0.1, 0.15) is 17.8 Å². The van der Waals surface area contributed by atoms with Crippen molar-refractivity contribution < 1.29 is 67.0 Å². The monoisotopic (exact) mass is 656 g/mol. The van der Waals surface area contributed by atoms with Crippen molar-refractivity contribution in [3.63, 3.8) is 0 Å². The standard InChI is InChI=1S/C30H37ClO14/c1-12-9-10-19(40-14(3)32)28(8)22(26(44-18(7)36)30(38)13(2)27(37)45-23(30)20(12)31)29(11-39-29)25(43-17(6)35)21(41-15(4)33)24(28)42-16(5)34/h9-10,13,19-26,38H,1,11H2,2-8H3/b10-9+/t13-,19+,20+,21-,22+,23-,24-,25+,26-,28+,29-,30+/m0/s1. The van der Waals surface area contributed by atoms with E-state index in [0.717, 1.165) is 34.6 Å². The van der Waals surface area contributed by atoms with E-state index in [1.807, 2.05) is 0 Å². The van der Waals surface area contributed by atoms with Gasteiger partial charge in [0.2, 0.25) is 0 Å². The molecule has 4 rings (SSSR count). The molecule has 4 aliphatic rings. The lowest BCUT2D eigenvalue weighted by Gasteiger charge is -2.59. The Morgan fingerprint density at radius 1 is 0.889 bits per heavy atom. The van der Waals surface area contributed by atoms with Crippen LogP contribution in [0.4, 0.5) is 0 Å². The molecule has 12 atom stereocenters. The van der Waals surface area contributed by atoms with Crippen molar-refractivity contribution >= 4 is 47.4 Å². The maximum atomic E-state index is 13.1. The number of halogens is 1. The molecule has 1 spiro atoms. The maximum absolute atomic E-state index is 13.1. The van der Waals surface area contributed by atoms with Crippen LogP contribution < -0.4 is 0 Å². The molecule has 14 nitrogen and oxygen atoms in total. The van der Waals surface area contributed by atoms with E-state index in [9.17, 15) is 33.9 Å². The Bertz CT molecular complexity index is 1340. The van der Waals surface area contributed by atoms with Crippen LogP contribution in [0.5, 0.6) is 0 Å². The van der Waals surface area contributed by atoms with E-state index in [-0.39, 0.29) is 12.2 Å². The minimum absolute atomic E-state index is 0.120. The van der Waals surface area contributed by atoms with Crippen LogP contribution in [0.2, 0.25) is 0 Å². The van der Waals surface area contributed by atoms with Gasteiger partial charge in [-0.05, 0) is 18.6 Å². The Hall–Kier alpha value is -3.49. The first-order valence-electron chi connectivity index (χ1n) is 14.3. The largest absolute Gasteiger partial charge is 0.459 e. The predicted octanol–water partition coefficient (Wildman–Crippen LogP) is 1.08. The smallest absolute Gasteiger partial charge is 0.312 e. The van der Waals surface area contributed by atoms with Gasteiger partial charge in [0, 0.05) is 40.5 Å². The van der Waals surface area contributed by atoms with Gasteiger partial charge in [0.15, 0.2) is 30.0 Å². The first kappa shape index (κ1) is 34.4. The van der Waals surface area contributed by atoms with Gasteiger partial charge in [-0.25, -0.2) is 0 Å². The van der Waals surface area contributed by atoms with E-state index in [0.29, 0.717) is 0 Å². The molecule has 0 amide bonds. The minimum Gasteiger partial charge on any atom is -0.459 e. The maximum Gasteiger partial charge on any atom is 0.312 e. The third-order valence-corrected chi connectivity index (χ3v) is 9.57. The van der Waals surface area contributed by atoms with Crippen molar-refractivity contribution in [1.82, 2.24) is 0 Å². The molecule has 248 valence electrons. The second-order valence-corrected chi connectivity index (χ2v) is 12.6. The normalized spacial score (nSPS) is 42.6. The summed E-state index contributed by atoms with van der Waals surface area (Å²) in [7, 11) is 0. The van der Waals surface area contributed by atoms with Crippen LogP contribution in [0.1, 0.15) is 48.5 Å². The summed E-state index contributed by atoms with van der Waals surface area (Å²) in [6.45, 7) is 12.0. The Balaban J connectivity index is 2.17. The first-order chi connectivity index (χ1) is 20.8. The number of fused-ring (bicyclic) bond motifs is 3. The summed E-state index contributed by atoms with van der Waals surface area (Å²) >= 11 is 6.75. The average Bonchev–Trinajstić information content (AvgIpc) is 3.67. The minimum atomic E-state index is -2.41. The summed E-state index contributed by atoms with van der Waals surface area (Å²) in [5.74, 6) is -7.91. The van der Waals surface area contributed by atoms with E-state index in [2.05, 4.69) is 6.58 Å². The highest BCUT2D eigenvalue weighted by Gasteiger charge is 2.81. The average molecular weight is 657 g/mol. The van der Waals surface area contributed by atoms with Gasteiger partial charge in [0.25, 0.3) is 0 Å². The van der Waals surface area contributed by atoms with Crippen LogP contribution >= 0.6 is 11.6 Å². The highest BCUT2D eigenvalue weighted by Crippen LogP contribution is 2.63. The van der Waals surface area contributed by atoms with Crippen LogP contribution in [0.25, 0.3) is 0 Å².